The Hall–Kier alpha value is -1.60. The smallest absolute Gasteiger partial charge is 0.327 e. The van der Waals surface area contributed by atoms with Crippen LogP contribution < -0.4 is 14.5 Å². The van der Waals surface area contributed by atoms with Crippen molar-refractivity contribution in [3.63, 3.8) is 0 Å². The molecule has 2 N–H and O–H groups in total. The number of thioether (sulfide) groups is 1. The van der Waals surface area contributed by atoms with E-state index in [4.69, 9.17) is 5.11 Å². The molecule has 0 saturated carbocycles. The number of rotatable bonds is 1. The third-order valence-corrected chi connectivity index (χ3v) is 4.82. The third-order valence-electron chi connectivity index (χ3n) is 2.55. The fourth-order valence-corrected chi connectivity index (χ4v) is 3.82. The molecule has 2 heterocycles. The monoisotopic (exact) mass is 280 g/mol. The van der Waals surface area contributed by atoms with Crippen molar-refractivity contribution in [2.75, 3.05) is 5.75 Å². The summed E-state index contributed by atoms with van der Waals surface area (Å²) in [5, 5.41) is 12.6. The van der Waals surface area contributed by atoms with Crippen molar-refractivity contribution in [1.82, 2.24) is 10.3 Å². The van der Waals surface area contributed by atoms with Crippen LogP contribution in [0.3, 0.4) is 0 Å². The number of carbonyl (C=O) groups excluding carboxylic acids is 1. The maximum absolute atomic E-state index is 11.2. The number of fused-ring (bicyclic) bond motifs is 1. The summed E-state index contributed by atoms with van der Waals surface area (Å²) < 4.78 is 1.57. The number of carbonyl (C=O) groups is 2. The molecule has 1 aromatic heterocycles. The first-order chi connectivity index (χ1) is 8.63. The molecule has 0 spiro atoms. The molecule has 1 aromatic rings. The fraction of sp³-hybridized carbons (Fsp3) is 0.182. The van der Waals surface area contributed by atoms with Gasteiger partial charge in [-0.1, -0.05) is 0 Å². The van der Waals surface area contributed by atoms with Crippen LogP contribution in [0.25, 0.3) is 17.2 Å². The molecule has 1 atom stereocenters. The van der Waals surface area contributed by atoms with Gasteiger partial charge in [-0.15, -0.1) is 23.1 Å². The van der Waals surface area contributed by atoms with Crippen LogP contribution in [-0.4, -0.2) is 33.6 Å². The number of hydrogen-bond acceptors (Lipinski definition) is 6. The minimum Gasteiger partial charge on any atom is -0.480 e. The van der Waals surface area contributed by atoms with Gasteiger partial charge in [0, 0.05) is 11.8 Å². The lowest BCUT2D eigenvalue weighted by Gasteiger charge is -2.01. The normalized spacial score (nSPS) is 24.4. The molecule has 0 unspecified atom stereocenters. The van der Waals surface area contributed by atoms with E-state index in [1.165, 1.54) is 29.2 Å². The number of ketones is 1. The van der Waals surface area contributed by atoms with Gasteiger partial charge in [-0.2, -0.15) is 0 Å². The van der Waals surface area contributed by atoms with Gasteiger partial charge in [0.15, 0.2) is 5.78 Å². The number of aromatic nitrogens is 1. The molecule has 0 aromatic carbocycles. The van der Waals surface area contributed by atoms with Crippen LogP contribution in [0.15, 0.2) is 6.08 Å². The first kappa shape index (κ1) is 11.5. The van der Waals surface area contributed by atoms with Crippen molar-refractivity contribution in [2.45, 2.75) is 6.04 Å². The molecule has 0 radical (unpaired) electrons. The van der Waals surface area contributed by atoms with Crippen LogP contribution in [0.1, 0.15) is 5.69 Å². The summed E-state index contributed by atoms with van der Waals surface area (Å²) in [6.45, 7) is 0. The van der Waals surface area contributed by atoms with Gasteiger partial charge in [-0.3, -0.25) is 4.79 Å². The number of carboxylic acid groups (broad SMARTS) is 1. The van der Waals surface area contributed by atoms with Crippen molar-refractivity contribution < 1.29 is 14.7 Å². The summed E-state index contributed by atoms with van der Waals surface area (Å²) in [5.74, 6) is -0.411. The Morgan fingerprint density at radius 3 is 3.06 bits per heavy atom. The van der Waals surface area contributed by atoms with E-state index in [2.05, 4.69) is 10.3 Å². The average Bonchev–Trinajstić information content (AvgIpc) is 2.93. The van der Waals surface area contributed by atoms with Crippen LogP contribution in [-0.2, 0) is 9.59 Å². The largest absolute Gasteiger partial charge is 0.480 e. The quantitative estimate of drug-likeness (QED) is 0.713. The van der Waals surface area contributed by atoms with Gasteiger partial charge < -0.3 is 10.4 Å². The molecule has 1 aliphatic heterocycles. The van der Waals surface area contributed by atoms with Crippen molar-refractivity contribution in [1.29, 1.82) is 0 Å². The van der Waals surface area contributed by atoms with E-state index in [9.17, 15) is 9.59 Å². The number of thiazole rings is 1. The van der Waals surface area contributed by atoms with Gasteiger partial charge in [-0.05, 0) is 12.2 Å². The molecule has 0 amide bonds. The molecule has 2 aliphatic rings. The molecule has 92 valence electrons. The van der Waals surface area contributed by atoms with Crippen molar-refractivity contribution >= 4 is 52.0 Å². The van der Waals surface area contributed by atoms with E-state index < -0.39 is 12.0 Å². The number of aliphatic carboxylic acids is 1. The lowest BCUT2D eigenvalue weighted by Crippen LogP contribution is -2.32. The van der Waals surface area contributed by atoms with Gasteiger partial charge in [0.1, 0.15) is 15.7 Å². The summed E-state index contributed by atoms with van der Waals surface area (Å²) in [7, 11) is 0. The van der Waals surface area contributed by atoms with Crippen LogP contribution >= 0.6 is 23.1 Å². The van der Waals surface area contributed by atoms with Crippen molar-refractivity contribution in [2.24, 2.45) is 0 Å². The first-order valence-electron chi connectivity index (χ1n) is 5.20. The summed E-state index contributed by atoms with van der Waals surface area (Å²) in [6.07, 6.45) is 4.71. The van der Waals surface area contributed by atoms with Gasteiger partial charge in [0.2, 0.25) is 0 Å². The topological polar surface area (TPSA) is 79.3 Å². The van der Waals surface area contributed by atoms with Crippen molar-refractivity contribution in [3.8, 4) is 0 Å². The van der Waals surface area contributed by atoms with Crippen LogP contribution in [0.4, 0.5) is 0 Å². The number of carboxylic acids is 1. The highest BCUT2D eigenvalue weighted by molar-refractivity contribution is 8.08. The molecule has 5 nitrogen and oxygen atoms in total. The van der Waals surface area contributed by atoms with Gasteiger partial charge in [0.05, 0.1) is 10.2 Å². The molecule has 1 saturated heterocycles. The molecular weight excluding hydrogens is 272 g/mol. The summed E-state index contributed by atoms with van der Waals surface area (Å²) in [6, 6.07) is -0.563. The second-order valence-corrected chi connectivity index (χ2v) is 5.88. The fourth-order valence-electron chi connectivity index (χ4n) is 1.67. The van der Waals surface area contributed by atoms with E-state index in [0.717, 1.165) is 19.9 Å². The van der Waals surface area contributed by atoms with E-state index >= 15 is 0 Å². The Balaban J connectivity index is 2.05. The predicted octanol–water partition coefficient (Wildman–Crippen LogP) is -0.625. The zero-order valence-electron chi connectivity index (χ0n) is 9.04. The summed E-state index contributed by atoms with van der Waals surface area (Å²) in [5.41, 5.74) is 0.767. The van der Waals surface area contributed by atoms with E-state index in [-0.39, 0.29) is 5.78 Å². The molecule has 0 bridgehead atoms. The summed E-state index contributed by atoms with van der Waals surface area (Å²) >= 11 is 2.84. The van der Waals surface area contributed by atoms with Gasteiger partial charge in [-0.25, -0.2) is 9.78 Å². The lowest BCUT2D eigenvalue weighted by molar-refractivity contribution is -0.138. The molecular formula is C11H8N2O3S2. The van der Waals surface area contributed by atoms with E-state index in [1.54, 1.807) is 12.2 Å². The Morgan fingerprint density at radius 2 is 2.33 bits per heavy atom. The molecule has 1 fully saturated rings. The van der Waals surface area contributed by atoms with Crippen LogP contribution in [0.2, 0.25) is 0 Å². The first-order valence-corrected chi connectivity index (χ1v) is 7.01. The third kappa shape index (κ3) is 1.95. The minimum atomic E-state index is -0.861. The number of nitrogens with one attached hydrogen (secondary N) is 1. The predicted molar refractivity (Wildman–Crippen MR) is 70.3 cm³/mol. The number of nitrogens with zero attached hydrogens (tertiary/aromatic N) is 1. The van der Waals surface area contributed by atoms with Crippen LogP contribution in [0, 0.1) is 0 Å². The summed E-state index contributed by atoms with van der Waals surface area (Å²) in [4.78, 5) is 26.5. The SMILES string of the molecule is O=C1C=Cc2n/c(=C3\N[C@@H](C(=O)O)CS3)sc2=C1. The lowest BCUT2D eigenvalue weighted by atomic mass is 10.2. The molecule has 18 heavy (non-hydrogen) atoms. The highest BCUT2D eigenvalue weighted by Crippen LogP contribution is 2.22. The van der Waals surface area contributed by atoms with E-state index in [0.29, 0.717) is 5.75 Å². The number of allylic oxidation sites excluding steroid dienone is 1. The standard InChI is InChI=1S/C11H8N2O3S2/c14-5-1-2-6-8(3-5)18-10(12-6)9-13-7(4-17-9)11(15)16/h1-3,7,13H,4H2,(H,15,16)/b10-9-/t7-/m1/s1. The maximum atomic E-state index is 11.2. The number of hydrogen-bond donors (Lipinski definition) is 2. The highest BCUT2D eigenvalue weighted by atomic mass is 32.2. The zero-order chi connectivity index (χ0) is 12.7. The zero-order valence-corrected chi connectivity index (χ0v) is 10.7. The molecule has 3 rings (SSSR count). The molecule has 7 heteroatoms. The Morgan fingerprint density at radius 1 is 1.50 bits per heavy atom. The van der Waals surface area contributed by atoms with Gasteiger partial charge >= 0.3 is 5.97 Å². The van der Waals surface area contributed by atoms with Crippen molar-refractivity contribution in [3.05, 3.63) is 21.0 Å². The average molecular weight is 280 g/mol. The minimum absolute atomic E-state index is 0.0434. The second-order valence-electron chi connectivity index (χ2n) is 3.82. The molecule has 1 aliphatic carbocycles. The van der Waals surface area contributed by atoms with Crippen LogP contribution in [0.5, 0.6) is 0 Å². The Labute approximate surface area is 110 Å². The second kappa shape index (κ2) is 4.25. The van der Waals surface area contributed by atoms with Gasteiger partial charge in [0.25, 0.3) is 0 Å². The Bertz CT molecular complexity index is 690. The maximum Gasteiger partial charge on any atom is 0.327 e. The Kier molecular flexibility index (Phi) is 2.71. The van der Waals surface area contributed by atoms with E-state index in [1.807, 2.05) is 0 Å². The highest BCUT2D eigenvalue weighted by Gasteiger charge is 2.26.